The third-order valence-electron chi connectivity index (χ3n) is 1.91. The summed E-state index contributed by atoms with van der Waals surface area (Å²) in [6.45, 7) is 1.82. The van der Waals surface area contributed by atoms with E-state index in [2.05, 4.69) is 0 Å². The van der Waals surface area contributed by atoms with Crippen LogP contribution in [0.4, 0.5) is 0 Å². The quantitative estimate of drug-likeness (QED) is 0.469. The molecule has 0 radical (unpaired) electrons. The molecule has 5 nitrogen and oxygen atoms in total. The second kappa shape index (κ2) is 7.04. The van der Waals surface area contributed by atoms with Crippen LogP contribution in [0, 0.1) is 18.3 Å². The van der Waals surface area contributed by atoms with Crippen LogP contribution >= 0.6 is 0 Å². The van der Waals surface area contributed by atoms with Gasteiger partial charge in [0.15, 0.2) is 0 Å². The number of nitrogens with zero attached hydrogens (tertiary/aromatic N) is 2. The van der Waals surface area contributed by atoms with Gasteiger partial charge in [-0.2, -0.15) is 5.26 Å². The van der Waals surface area contributed by atoms with E-state index in [1.165, 1.54) is 18.2 Å². The topological polar surface area (TPSA) is 81.0 Å². The molecule has 0 heterocycles. The van der Waals surface area contributed by atoms with Gasteiger partial charge in [-0.3, -0.25) is 0 Å². The molecule has 19 heavy (non-hydrogen) atoms. The molecular weight excluding hydrogens is 264 g/mol. The summed E-state index contributed by atoms with van der Waals surface area (Å²) in [5.41, 5.74) is 0.928. The summed E-state index contributed by atoms with van der Waals surface area (Å²) in [5, 5.41) is 8.08. The lowest BCUT2D eigenvalue weighted by molar-refractivity contribution is -0.817. The van der Waals surface area contributed by atoms with Gasteiger partial charge in [-0.05, 0) is 19.1 Å². The largest absolute Gasteiger partial charge is 0.744 e. The van der Waals surface area contributed by atoms with Crippen LogP contribution in [0.5, 0.6) is 0 Å². The fourth-order valence-electron chi connectivity index (χ4n) is 0.962. The molecule has 1 rings (SSSR count). The number of nitriles is 1. The molecule has 0 saturated carbocycles. The molecule has 1 aromatic rings. The molecular formula is C13H18N2O3S. The smallest absolute Gasteiger partial charge is 0.124 e. The Kier molecular flexibility index (Phi) is 6.42. The Morgan fingerprint density at radius 2 is 1.68 bits per heavy atom. The van der Waals surface area contributed by atoms with Gasteiger partial charge in [-0.25, -0.2) is 8.42 Å². The minimum absolute atomic E-state index is 0.178. The van der Waals surface area contributed by atoms with Gasteiger partial charge in [0.25, 0.3) is 0 Å². The van der Waals surface area contributed by atoms with Crippen LogP contribution in [0.15, 0.2) is 41.4 Å². The normalized spacial score (nSPS) is 11.6. The first-order chi connectivity index (χ1) is 8.56. The van der Waals surface area contributed by atoms with E-state index in [9.17, 15) is 13.0 Å². The molecule has 104 valence electrons. The van der Waals surface area contributed by atoms with E-state index in [0.717, 1.165) is 5.56 Å². The predicted octanol–water partition coefficient (Wildman–Crippen LogP) is 1.63. The summed E-state index contributed by atoms with van der Waals surface area (Å²) in [5.74, 6) is 0. The van der Waals surface area contributed by atoms with Gasteiger partial charge in [0.05, 0.1) is 38.2 Å². The summed E-state index contributed by atoms with van der Waals surface area (Å²) in [6.07, 6.45) is 3.31. The molecule has 0 atom stereocenters. The van der Waals surface area contributed by atoms with Crippen molar-refractivity contribution in [3.8, 4) is 6.07 Å². The number of allylic oxidation sites excluding steroid dienone is 1. The summed E-state index contributed by atoms with van der Waals surface area (Å²) in [7, 11) is 1.71. The van der Waals surface area contributed by atoms with E-state index >= 15 is 0 Å². The first kappa shape index (κ1) is 17.3. The third kappa shape index (κ3) is 8.97. The maximum absolute atomic E-state index is 10.4. The lowest BCUT2D eigenvalue weighted by atomic mass is 10.2. The zero-order chi connectivity index (χ0) is 15.1. The molecule has 1 aromatic carbocycles. The van der Waals surface area contributed by atoms with Gasteiger partial charge in [0, 0.05) is 0 Å². The molecule has 0 bridgehead atoms. The highest BCUT2D eigenvalue weighted by Gasteiger charge is 1.98. The number of hydrogen-bond donors (Lipinski definition) is 0. The predicted molar refractivity (Wildman–Crippen MR) is 71.9 cm³/mol. The second-order valence-corrected chi connectivity index (χ2v) is 6.21. The van der Waals surface area contributed by atoms with Crippen molar-refractivity contribution in [1.29, 1.82) is 5.26 Å². The number of rotatable bonds is 2. The maximum Gasteiger partial charge on any atom is 0.124 e. The van der Waals surface area contributed by atoms with Gasteiger partial charge in [-0.1, -0.05) is 17.7 Å². The van der Waals surface area contributed by atoms with Crippen LogP contribution in [-0.4, -0.2) is 38.6 Å². The fraction of sp³-hybridized carbons (Fsp3) is 0.308. The lowest BCUT2D eigenvalue weighted by Gasteiger charge is -2.16. The summed E-state index contributed by atoms with van der Waals surface area (Å²) in [4.78, 5) is -0.178. The SMILES string of the molecule is C[N+](C)(C)/C=C\C#N.Cc1ccc(S(=O)(=O)[O-])cc1. The van der Waals surface area contributed by atoms with Crippen LogP contribution in [0.2, 0.25) is 0 Å². The number of hydrogen-bond acceptors (Lipinski definition) is 4. The Balaban J connectivity index is 0.000000362. The lowest BCUT2D eigenvalue weighted by Crippen LogP contribution is -2.26. The van der Waals surface area contributed by atoms with E-state index in [4.69, 9.17) is 5.26 Å². The number of benzene rings is 1. The average Bonchev–Trinajstić information content (AvgIpc) is 2.25. The molecule has 0 aliphatic carbocycles. The molecule has 0 saturated heterocycles. The highest BCUT2D eigenvalue weighted by Crippen LogP contribution is 2.08. The third-order valence-corrected chi connectivity index (χ3v) is 2.76. The summed E-state index contributed by atoms with van der Waals surface area (Å²) in [6, 6.07) is 7.71. The molecule has 0 N–H and O–H groups in total. The van der Waals surface area contributed by atoms with E-state index in [1.807, 2.05) is 40.3 Å². The molecule has 0 fully saturated rings. The second-order valence-electron chi connectivity index (χ2n) is 4.83. The van der Waals surface area contributed by atoms with Crippen LogP contribution < -0.4 is 0 Å². The van der Waals surface area contributed by atoms with Crippen LogP contribution in [0.25, 0.3) is 0 Å². The Bertz CT molecular complexity index is 561. The van der Waals surface area contributed by atoms with Crippen molar-refractivity contribution in [2.24, 2.45) is 0 Å². The average molecular weight is 282 g/mol. The molecule has 0 aromatic heterocycles. The minimum atomic E-state index is -4.27. The van der Waals surface area contributed by atoms with E-state index in [1.54, 1.807) is 12.1 Å². The Morgan fingerprint density at radius 1 is 1.21 bits per heavy atom. The van der Waals surface area contributed by atoms with Crippen LogP contribution in [-0.2, 0) is 10.1 Å². The fourth-order valence-corrected chi connectivity index (χ4v) is 1.43. The van der Waals surface area contributed by atoms with Crippen LogP contribution in [0.3, 0.4) is 0 Å². The Labute approximate surface area is 114 Å². The first-order valence-electron chi connectivity index (χ1n) is 5.47. The monoisotopic (exact) mass is 282 g/mol. The van der Waals surface area contributed by atoms with Gasteiger partial charge in [0.1, 0.15) is 16.3 Å². The van der Waals surface area contributed by atoms with Crippen molar-refractivity contribution < 1.29 is 17.5 Å². The van der Waals surface area contributed by atoms with Gasteiger partial charge < -0.3 is 9.04 Å². The summed E-state index contributed by atoms with van der Waals surface area (Å²) < 4.78 is 31.9. The standard InChI is InChI=1S/C7H8O3S.C6H11N2/c1-6-2-4-7(5-3-6)11(8,9)10;1-8(2,3)6-4-5-7/h2-5H,1H3,(H,8,9,10);4,6H,1-3H3/q;+1/p-1/b;6-4-. The van der Waals surface area contributed by atoms with E-state index in [-0.39, 0.29) is 4.90 Å². The highest BCUT2D eigenvalue weighted by molar-refractivity contribution is 7.85. The van der Waals surface area contributed by atoms with Crippen LogP contribution in [0.1, 0.15) is 5.56 Å². The zero-order valence-electron chi connectivity index (χ0n) is 11.5. The van der Waals surface area contributed by atoms with Crippen molar-refractivity contribution in [2.45, 2.75) is 11.8 Å². The highest BCUT2D eigenvalue weighted by atomic mass is 32.2. The molecule has 0 aliphatic heterocycles. The Morgan fingerprint density at radius 3 is 1.95 bits per heavy atom. The van der Waals surface area contributed by atoms with Gasteiger partial charge in [-0.15, -0.1) is 0 Å². The van der Waals surface area contributed by atoms with Gasteiger partial charge in [0.2, 0.25) is 0 Å². The maximum atomic E-state index is 10.4. The molecule has 0 amide bonds. The first-order valence-corrected chi connectivity index (χ1v) is 6.88. The molecule has 0 spiro atoms. The van der Waals surface area contributed by atoms with Crippen molar-refractivity contribution >= 4 is 10.1 Å². The minimum Gasteiger partial charge on any atom is -0.744 e. The van der Waals surface area contributed by atoms with Crippen molar-refractivity contribution in [1.82, 2.24) is 0 Å². The van der Waals surface area contributed by atoms with E-state index < -0.39 is 10.1 Å². The number of quaternary nitrogens is 1. The van der Waals surface area contributed by atoms with E-state index in [0.29, 0.717) is 4.48 Å². The molecule has 0 unspecified atom stereocenters. The van der Waals surface area contributed by atoms with Gasteiger partial charge >= 0.3 is 0 Å². The number of aryl methyl sites for hydroxylation is 1. The van der Waals surface area contributed by atoms with Crippen molar-refractivity contribution in [3.05, 3.63) is 42.1 Å². The Hall–Kier alpha value is -1.68. The zero-order valence-corrected chi connectivity index (χ0v) is 12.3. The molecule has 6 heteroatoms. The molecule has 0 aliphatic rings. The van der Waals surface area contributed by atoms with Crippen molar-refractivity contribution in [2.75, 3.05) is 21.1 Å². The van der Waals surface area contributed by atoms with Crippen molar-refractivity contribution in [3.63, 3.8) is 0 Å². The summed E-state index contributed by atoms with van der Waals surface area (Å²) >= 11 is 0.